The SMILES string of the molecule is O=C1NCCN(CC2CCCNC2)C1c1cccc(Br)c1. The van der Waals surface area contributed by atoms with Crippen molar-refractivity contribution in [3.05, 3.63) is 34.3 Å². The highest BCUT2D eigenvalue weighted by Crippen LogP contribution is 2.27. The molecule has 2 unspecified atom stereocenters. The van der Waals surface area contributed by atoms with Gasteiger partial charge in [0, 0.05) is 24.1 Å². The Morgan fingerprint density at radius 2 is 2.24 bits per heavy atom. The van der Waals surface area contributed by atoms with Gasteiger partial charge >= 0.3 is 0 Å². The van der Waals surface area contributed by atoms with Gasteiger partial charge < -0.3 is 10.6 Å². The molecule has 0 aromatic heterocycles. The lowest BCUT2D eigenvalue weighted by atomic mass is 9.96. The Balaban J connectivity index is 1.77. The van der Waals surface area contributed by atoms with Gasteiger partial charge in [-0.2, -0.15) is 0 Å². The molecule has 3 rings (SSSR count). The van der Waals surface area contributed by atoms with Crippen molar-refractivity contribution in [1.29, 1.82) is 0 Å². The lowest BCUT2D eigenvalue weighted by Crippen LogP contribution is -2.52. The number of nitrogens with zero attached hydrogens (tertiary/aromatic N) is 1. The molecule has 1 amide bonds. The maximum absolute atomic E-state index is 12.4. The van der Waals surface area contributed by atoms with Crippen LogP contribution >= 0.6 is 15.9 Å². The molecule has 0 radical (unpaired) electrons. The predicted octanol–water partition coefficient (Wildman–Crippen LogP) is 1.92. The van der Waals surface area contributed by atoms with Crippen molar-refractivity contribution in [2.24, 2.45) is 5.92 Å². The van der Waals surface area contributed by atoms with Crippen LogP contribution in [0.2, 0.25) is 0 Å². The first-order valence-corrected chi connectivity index (χ1v) is 8.51. The Morgan fingerprint density at radius 1 is 1.33 bits per heavy atom. The minimum Gasteiger partial charge on any atom is -0.353 e. The minimum atomic E-state index is -0.154. The van der Waals surface area contributed by atoms with Gasteiger partial charge in [0.15, 0.2) is 0 Å². The smallest absolute Gasteiger partial charge is 0.242 e. The number of piperidine rings is 1. The second-order valence-corrected chi connectivity index (χ2v) is 6.87. The van der Waals surface area contributed by atoms with Gasteiger partial charge in [0.25, 0.3) is 0 Å². The van der Waals surface area contributed by atoms with Crippen LogP contribution in [0.1, 0.15) is 24.4 Å². The quantitative estimate of drug-likeness (QED) is 0.874. The third-order valence-corrected chi connectivity index (χ3v) is 4.86. The molecule has 114 valence electrons. The van der Waals surface area contributed by atoms with E-state index in [2.05, 4.69) is 37.5 Å². The van der Waals surface area contributed by atoms with Crippen molar-refractivity contribution in [3.8, 4) is 0 Å². The summed E-state index contributed by atoms with van der Waals surface area (Å²) >= 11 is 3.51. The molecule has 0 saturated carbocycles. The molecule has 2 heterocycles. The Labute approximate surface area is 134 Å². The average molecular weight is 352 g/mol. The molecule has 2 aliphatic rings. The molecule has 1 aromatic rings. The Morgan fingerprint density at radius 3 is 3.00 bits per heavy atom. The number of carbonyl (C=O) groups is 1. The summed E-state index contributed by atoms with van der Waals surface area (Å²) in [6, 6.07) is 7.95. The summed E-state index contributed by atoms with van der Waals surface area (Å²) in [4.78, 5) is 14.7. The van der Waals surface area contributed by atoms with E-state index in [0.29, 0.717) is 5.92 Å². The van der Waals surface area contributed by atoms with E-state index in [1.165, 1.54) is 12.8 Å². The number of hydrogen-bond donors (Lipinski definition) is 2. The van der Waals surface area contributed by atoms with Gasteiger partial charge in [-0.1, -0.05) is 28.1 Å². The Bertz CT molecular complexity index is 502. The molecule has 2 atom stereocenters. The summed E-state index contributed by atoms with van der Waals surface area (Å²) in [7, 11) is 0. The van der Waals surface area contributed by atoms with E-state index in [-0.39, 0.29) is 11.9 Å². The molecule has 0 bridgehead atoms. The first-order chi connectivity index (χ1) is 10.2. The molecule has 2 fully saturated rings. The second kappa shape index (κ2) is 6.90. The number of benzene rings is 1. The van der Waals surface area contributed by atoms with Gasteiger partial charge in [-0.05, 0) is 49.5 Å². The van der Waals surface area contributed by atoms with Crippen LogP contribution < -0.4 is 10.6 Å². The molecule has 5 heteroatoms. The van der Waals surface area contributed by atoms with Gasteiger partial charge in [0.05, 0.1) is 0 Å². The Kier molecular flexibility index (Phi) is 4.93. The lowest BCUT2D eigenvalue weighted by molar-refractivity contribution is -0.129. The predicted molar refractivity (Wildman–Crippen MR) is 87.1 cm³/mol. The number of piperazine rings is 1. The van der Waals surface area contributed by atoms with Crippen LogP contribution in [0.4, 0.5) is 0 Å². The normalized spacial score (nSPS) is 27.4. The van der Waals surface area contributed by atoms with Gasteiger partial charge in [-0.15, -0.1) is 0 Å². The summed E-state index contributed by atoms with van der Waals surface area (Å²) < 4.78 is 1.03. The highest BCUT2D eigenvalue weighted by atomic mass is 79.9. The second-order valence-electron chi connectivity index (χ2n) is 5.96. The molecular weight excluding hydrogens is 330 g/mol. The third kappa shape index (κ3) is 3.65. The molecule has 0 spiro atoms. The van der Waals surface area contributed by atoms with Crippen molar-refractivity contribution in [3.63, 3.8) is 0 Å². The van der Waals surface area contributed by atoms with Crippen LogP contribution in [-0.2, 0) is 4.79 Å². The highest BCUT2D eigenvalue weighted by molar-refractivity contribution is 9.10. The van der Waals surface area contributed by atoms with Crippen molar-refractivity contribution < 1.29 is 4.79 Å². The van der Waals surface area contributed by atoms with Crippen LogP contribution in [0.5, 0.6) is 0 Å². The first kappa shape index (κ1) is 15.0. The number of halogens is 1. The summed E-state index contributed by atoms with van der Waals surface area (Å²) in [5.74, 6) is 0.780. The molecule has 0 aliphatic carbocycles. The van der Waals surface area contributed by atoms with Crippen LogP contribution in [0, 0.1) is 5.92 Å². The number of rotatable bonds is 3. The van der Waals surface area contributed by atoms with Crippen LogP contribution in [0.3, 0.4) is 0 Å². The van der Waals surface area contributed by atoms with E-state index in [1.54, 1.807) is 0 Å². The molecule has 4 nitrogen and oxygen atoms in total. The fourth-order valence-electron chi connectivity index (χ4n) is 3.36. The van der Waals surface area contributed by atoms with Crippen LogP contribution in [0.15, 0.2) is 28.7 Å². The van der Waals surface area contributed by atoms with Crippen LogP contribution in [-0.4, -0.2) is 43.5 Å². The summed E-state index contributed by atoms with van der Waals surface area (Å²) in [5.41, 5.74) is 1.07. The fraction of sp³-hybridized carbons (Fsp3) is 0.562. The van der Waals surface area contributed by atoms with Crippen molar-refractivity contribution in [2.75, 3.05) is 32.7 Å². The van der Waals surface area contributed by atoms with Gasteiger partial charge in [0.2, 0.25) is 5.91 Å². The zero-order valence-corrected chi connectivity index (χ0v) is 13.7. The van der Waals surface area contributed by atoms with Gasteiger partial charge in [0.1, 0.15) is 6.04 Å². The van der Waals surface area contributed by atoms with Gasteiger partial charge in [-0.25, -0.2) is 0 Å². The van der Waals surface area contributed by atoms with E-state index < -0.39 is 0 Å². The van der Waals surface area contributed by atoms with Gasteiger partial charge in [-0.3, -0.25) is 9.69 Å². The van der Waals surface area contributed by atoms with E-state index in [4.69, 9.17) is 0 Å². The van der Waals surface area contributed by atoms with E-state index in [9.17, 15) is 4.79 Å². The van der Waals surface area contributed by atoms with E-state index >= 15 is 0 Å². The summed E-state index contributed by atoms with van der Waals surface area (Å²) in [6.07, 6.45) is 2.50. The van der Waals surface area contributed by atoms with E-state index in [0.717, 1.165) is 42.8 Å². The minimum absolute atomic E-state index is 0.128. The molecular formula is C16H22BrN3O. The molecule has 1 aromatic carbocycles. The summed E-state index contributed by atoms with van der Waals surface area (Å²) in [5, 5.41) is 6.47. The summed E-state index contributed by atoms with van der Waals surface area (Å²) in [6.45, 7) is 4.88. The topological polar surface area (TPSA) is 44.4 Å². The zero-order valence-electron chi connectivity index (χ0n) is 12.1. The molecule has 21 heavy (non-hydrogen) atoms. The zero-order chi connectivity index (χ0) is 14.7. The average Bonchev–Trinajstić information content (AvgIpc) is 2.48. The Hall–Kier alpha value is -0.910. The van der Waals surface area contributed by atoms with Crippen molar-refractivity contribution in [1.82, 2.24) is 15.5 Å². The van der Waals surface area contributed by atoms with Crippen molar-refractivity contribution >= 4 is 21.8 Å². The third-order valence-electron chi connectivity index (χ3n) is 4.37. The van der Waals surface area contributed by atoms with E-state index in [1.807, 2.05) is 18.2 Å². The number of hydrogen-bond acceptors (Lipinski definition) is 3. The van der Waals surface area contributed by atoms with Crippen molar-refractivity contribution in [2.45, 2.75) is 18.9 Å². The van der Waals surface area contributed by atoms with Crippen LogP contribution in [0.25, 0.3) is 0 Å². The fourth-order valence-corrected chi connectivity index (χ4v) is 3.78. The molecule has 2 N–H and O–H groups in total. The lowest BCUT2D eigenvalue weighted by Gasteiger charge is -2.38. The first-order valence-electron chi connectivity index (χ1n) is 7.72. The highest BCUT2D eigenvalue weighted by Gasteiger charge is 2.32. The molecule has 2 aliphatic heterocycles. The molecule has 2 saturated heterocycles. The standard InChI is InChI=1S/C16H22BrN3O/c17-14-5-1-4-13(9-14)15-16(21)19-7-8-20(15)11-12-3-2-6-18-10-12/h1,4-5,9,12,15,18H,2-3,6-8,10-11H2,(H,19,21). The largest absolute Gasteiger partial charge is 0.353 e. The maximum Gasteiger partial charge on any atom is 0.242 e. The number of amides is 1. The monoisotopic (exact) mass is 351 g/mol. The number of carbonyl (C=O) groups excluding carboxylic acids is 1. The number of nitrogens with one attached hydrogen (secondary N) is 2. The maximum atomic E-state index is 12.4.